The average molecular weight is 243 g/mol. The second-order valence-corrected chi connectivity index (χ2v) is 4.92. The Morgan fingerprint density at radius 3 is 2.39 bits per heavy atom. The van der Waals surface area contributed by atoms with E-state index in [-0.39, 0.29) is 0 Å². The van der Waals surface area contributed by atoms with Gasteiger partial charge in [-0.15, -0.1) is 0 Å². The van der Waals surface area contributed by atoms with Crippen LogP contribution in [-0.4, -0.2) is 16.1 Å². The van der Waals surface area contributed by atoms with Gasteiger partial charge in [0.1, 0.15) is 0 Å². The van der Waals surface area contributed by atoms with E-state index < -0.39 is 0 Å². The van der Waals surface area contributed by atoms with E-state index in [1.807, 2.05) is 13.3 Å². The van der Waals surface area contributed by atoms with Gasteiger partial charge in [-0.25, -0.2) is 4.98 Å². The molecule has 0 saturated carbocycles. The zero-order chi connectivity index (χ0) is 13.1. The summed E-state index contributed by atoms with van der Waals surface area (Å²) >= 11 is 0. The van der Waals surface area contributed by atoms with Crippen molar-refractivity contribution in [3.8, 4) is 0 Å². The van der Waals surface area contributed by atoms with E-state index in [0.29, 0.717) is 12.5 Å². The molecule has 2 aromatic rings. The maximum absolute atomic E-state index is 5.68. The van der Waals surface area contributed by atoms with Crippen molar-refractivity contribution in [2.75, 3.05) is 6.54 Å². The zero-order valence-electron chi connectivity index (χ0n) is 11.4. The minimum Gasteiger partial charge on any atom is -0.330 e. The van der Waals surface area contributed by atoms with Crippen LogP contribution >= 0.6 is 0 Å². The predicted molar refractivity (Wildman–Crippen MR) is 74.7 cm³/mol. The van der Waals surface area contributed by atoms with Crippen molar-refractivity contribution in [2.24, 2.45) is 5.73 Å². The van der Waals surface area contributed by atoms with Gasteiger partial charge < -0.3 is 10.3 Å². The molecule has 1 aromatic heterocycles. The largest absolute Gasteiger partial charge is 0.330 e. The highest BCUT2D eigenvalue weighted by Crippen LogP contribution is 2.16. The highest BCUT2D eigenvalue weighted by Gasteiger charge is 2.05. The monoisotopic (exact) mass is 243 g/mol. The van der Waals surface area contributed by atoms with E-state index in [1.165, 1.54) is 16.8 Å². The number of hydrogen-bond donors (Lipinski definition) is 1. The molecule has 0 radical (unpaired) electrons. The Bertz CT molecular complexity index is 511. The molecule has 1 heterocycles. The summed E-state index contributed by atoms with van der Waals surface area (Å²) in [5.41, 5.74) is 10.6. The lowest BCUT2D eigenvalue weighted by Gasteiger charge is -2.10. The summed E-state index contributed by atoms with van der Waals surface area (Å²) in [5.74, 6) is 0.427. The first kappa shape index (κ1) is 12.8. The smallest absolute Gasteiger partial charge is 0.0954 e. The molecule has 3 nitrogen and oxygen atoms in total. The Kier molecular flexibility index (Phi) is 3.82. The van der Waals surface area contributed by atoms with Crippen LogP contribution in [0, 0.1) is 13.8 Å². The molecule has 0 saturated heterocycles. The number of aryl methyl sites for hydroxylation is 1. The fourth-order valence-electron chi connectivity index (χ4n) is 1.99. The van der Waals surface area contributed by atoms with Gasteiger partial charge in [0.2, 0.25) is 0 Å². The molecule has 0 aliphatic heterocycles. The number of hydrogen-bond acceptors (Lipinski definition) is 2. The maximum Gasteiger partial charge on any atom is 0.0954 e. The lowest BCUT2D eigenvalue weighted by Crippen LogP contribution is -2.09. The molecule has 1 aromatic carbocycles. The van der Waals surface area contributed by atoms with Crippen molar-refractivity contribution < 1.29 is 0 Å². The van der Waals surface area contributed by atoms with Crippen LogP contribution in [0.3, 0.4) is 0 Å². The molecule has 0 spiro atoms. The van der Waals surface area contributed by atoms with Crippen molar-refractivity contribution in [2.45, 2.75) is 33.2 Å². The van der Waals surface area contributed by atoms with Crippen LogP contribution < -0.4 is 5.73 Å². The minimum atomic E-state index is 0.427. The van der Waals surface area contributed by atoms with Gasteiger partial charge in [0.25, 0.3) is 0 Å². The van der Waals surface area contributed by atoms with Gasteiger partial charge in [-0.1, -0.05) is 31.2 Å². The van der Waals surface area contributed by atoms with Crippen LogP contribution in [0.1, 0.15) is 35.4 Å². The van der Waals surface area contributed by atoms with Crippen molar-refractivity contribution >= 4 is 0 Å². The van der Waals surface area contributed by atoms with E-state index in [0.717, 1.165) is 12.2 Å². The summed E-state index contributed by atoms with van der Waals surface area (Å²) in [6.07, 6.45) is 1.90. The van der Waals surface area contributed by atoms with E-state index in [2.05, 4.69) is 47.7 Å². The Hall–Kier alpha value is -1.61. The summed E-state index contributed by atoms with van der Waals surface area (Å²) < 4.78 is 2.18. The zero-order valence-corrected chi connectivity index (χ0v) is 11.4. The Morgan fingerprint density at radius 2 is 1.89 bits per heavy atom. The number of rotatable bonds is 4. The van der Waals surface area contributed by atoms with E-state index in [4.69, 9.17) is 5.73 Å². The first-order valence-electron chi connectivity index (χ1n) is 6.39. The molecule has 0 aliphatic rings. The number of imidazole rings is 1. The van der Waals surface area contributed by atoms with Crippen molar-refractivity contribution in [3.05, 3.63) is 53.1 Å². The van der Waals surface area contributed by atoms with Gasteiger partial charge in [0.05, 0.1) is 12.0 Å². The molecule has 3 heteroatoms. The third-order valence-electron chi connectivity index (χ3n) is 3.60. The summed E-state index contributed by atoms with van der Waals surface area (Å²) in [7, 11) is 0. The van der Waals surface area contributed by atoms with Crippen LogP contribution in [-0.2, 0) is 6.54 Å². The maximum atomic E-state index is 5.68. The second kappa shape index (κ2) is 5.36. The molecule has 1 atom stereocenters. The summed E-state index contributed by atoms with van der Waals surface area (Å²) in [4.78, 5) is 4.32. The predicted octanol–water partition coefficient (Wildman–Crippen LogP) is 2.61. The van der Waals surface area contributed by atoms with Crippen molar-refractivity contribution in [1.29, 1.82) is 0 Å². The molecular formula is C15H21N3. The van der Waals surface area contributed by atoms with E-state index in [1.54, 1.807) is 0 Å². The highest BCUT2D eigenvalue weighted by atomic mass is 15.0. The van der Waals surface area contributed by atoms with E-state index >= 15 is 0 Å². The molecule has 2 N–H and O–H groups in total. The third kappa shape index (κ3) is 2.62. The molecular weight excluding hydrogens is 222 g/mol. The standard InChI is InChI=1S/C15H21N3/c1-11(8-16)15-6-4-14(5-7-15)9-18-10-17-12(2)13(18)3/h4-7,10-11H,8-9,16H2,1-3H3. The Balaban J connectivity index is 2.13. The normalized spacial score (nSPS) is 12.7. The minimum absolute atomic E-state index is 0.427. The average Bonchev–Trinajstić information content (AvgIpc) is 2.71. The van der Waals surface area contributed by atoms with Gasteiger partial charge in [0, 0.05) is 12.2 Å². The van der Waals surface area contributed by atoms with Crippen LogP contribution in [0.15, 0.2) is 30.6 Å². The van der Waals surface area contributed by atoms with Crippen molar-refractivity contribution in [3.63, 3.8) is 0 Å². The lowest BCUT2D eigenvalue weighted by molar-refractivity contribution is 0.758. The molecule has 96 valence electrons. The Morgan fingerprint density at radius 1 is 1.22 bits per heavy atom. The van der Waals surface area contributed by atoms with Crippen LogP contribution in [0.4, 0.5) is 0 Å². The molecule has 18 heavy (non-hydrogen) atoms. The second-order valence-electron chi connectivity index (χ2n) is 4.92. The SMILES string of the molecule is Cc1ncn(Cc2ccc(C(C)CN)cc2)c1C. The van der Waals surface area contributed by atoms with Gasteiger partial charge >= 0.3 is 0 Å². The first-order valence-corrected chi connectivity index (χ1v) is 6.39. The molecule has 0 fully saturated rings. The molecule has 2 rings (SSSR count). The lowest BCUT2D eigenvalue weighted by atomic mass is 10.00. The number of nitrogens with zero attached hydrogens (tertiary/aromatic N) is 2. The fourth-order valence-corrected chi connectivity index (χ4v) is 1.99. The molecule has 1 unspecified atom stereocenters. The highest BCUT2D eigenvalue weighted by molar-refractivity contribution is 5.26. The molecule has 0 amide bonds. The number of nitrogens with two attached hydrogens (primary N) is 1. The van der Waals surface area contributed by atoms with Crippen LogP contribution in [0.2, 0.25) is 0 Å². The quantitative estimate of drug-likeness (QED) is 0.897. The summed E-state index contributed by atoms with van der Waals surface area (Å²) in [6.45, 7) is 7.87. The molecule has 0 bridgehead atoms. The van der Waals surface area contributed by atoms with Gasteiger partial charge in [-0.05, 0) is 37.4 Å². The topological polar surface area (TPSA) is 43.8 Å². The van der Waals surface area contributed by atoms with Gasteiger partial charge in [-0.2, -0.15) is 0 Å². The third-order valence-corrected chi connectivity index (χ3v) is 3.60. The van der Waals surface area contributed by atoms with Crippen LogP contribution in [0.25, 0.3) is 0 Å². The number of benzene rings is 1. The molecule has 0 aliphatic carbocycles. The fraction of sp³-hybridized carbons (Fsp3) is 0.400. The van der Waals surface area contributed by atoms with Gasteiger partial charge in [-0.3, -0.25) is 0 Å². The Labute approximate surface area is 109 Å². The van der Waals surface area contributed by atoms with E-state index in [9.17, 15) is 0 Å². The first-order chi connectivity index (χ1) is 8.61. The van der Waals surface area contributed by atoms with Gasteiger partial charge in [0.15, 0.2) is 0 Å². The van der Waals surface area contributed by atoms with Crippen molar-refractivity contribution in [1.82, 2.24) is 9.55 Å². The summed E-state index contributed by atoms with van der Waals surface area (Å²) in [6, 6.07) is 8.70. The number of aromatic nitrogens is 2. The van der Waals surface area contributed by atoms with Crippen LogP contribution in [0.5, 0.6) is 0 Å². The summed E-state index contributed by atoms with van der Waals surface area (Å²) in [5, 5.41) is 0.